The van der Waals surface area contributed by atoms with Gasteiger partial charge in [0.25, 0.3) is 6.43 Å². The predicted molar refractivity (Wildman–Crippen MR) is 48.9 cm³/mol. The molecule has 0 aliphatic rings. The summed E-state index contributed by atoms with van der Waals surface area (Å²) in [4.78, 5) is 7.74. The second-order valence-electron chi connectivity index (χ2n) is 3.78. The molecule has 5 heteroatoms. The van der Waals surface area contributed by atoms with Crippen molar-refractivity contribution in [3.05, 3.63) is 23.3 Å². The Balaban J connectivity index is 3.21. The molecule has 1 rings (SSSR count). The molecule has 0 unspecified atom stereocenters. The first kappa shape index (κ1) is 11.0. The van der Waals surface area contributed by atoms with Gasteiger partial charge in [-0.2, -0.15) is 0 Å². The Morgan fingerprint density at radius 2 is 1.93 bits per heavy atom. The van der Waals surface area contributed by atoms with Gasteiger partial charge in [-0.05, 0) is 26.8 Å². The second kappa shape index (κ2) is 3.57. The van der Waals surface area contributed by atoms with Gasteiger partial charge in [0.2, 0.25) is 0 Å². The molecule has 14 heavy (non-hydrogen) atoms. The Labute approximate surface area is 81.4 Å². The van der Waals surface area contributed by atoms with Gasteiger partial charge in [-0.1, -0.05) is 0 Å². The second-order valence-corrected chi connectivity index (χ2v) is 3.78. The third-order valence-electron chi connectivity index (χ3n) is 1.67. The number of aromatic nitrogens is 2. The number of hydrogen-bond donors (Lipinski definition) is 1. The zero-order chi connectivity index (χ0) is 10.9. The summed E-state index contributed by atoms with van der Waals surface area (Å²) in [7, 11) is 0. The van der Waals surface area contributed by atoms with E-state index in [2.05, 4.69) is 9.97 Å². The lowest BCUT2D eigenvalue weighted by molar-refractivity contribution is 0.145. The number of alkyl halides is 2. The molecule has 0 saturated carbocycles. The first-order valence-electron chi connectivity index (χ1n) is 4.24. The molecule has 3 nitrogen and oxygen atoms in total. The van der Waals surface area contributed by atoms with Gasteiger partial charge < -0.3 is 5.73 Å². The van der Waals surface area contributed by atoms with Crippen molar-refractivity contribution < 1.29 is 8.78 Å². The third kappa shape index (κ3) is 2.45. The Morgan fingerprint density at radius 3 is 2.36 bits per heavy atom. The van der Waals surface area contributed by atoms with Gasteiger partial charge >= 0.3 is 0 Å². The molecular weight excluding hydrogens is 188 g/mol. The molecule has 0 aliphatic carbocycles. The Bertz CT molecular complexity index is 331. The van der Waals surface area contributed by atoms with E-state index < -0.39 is 12.0 Å². The molecule has 0 radical (unpaired) electrons. The molecule has 0 amide bonds. The highest BCUT2D eigenvalue weighted by atomic mass is 19.3. The number of nitrogens with zero attached hydrogens (tertiary/aromatic N) is 2. The fourth-order valence-electron chi connectivity index (χ4n) is 0.993. The Morgan fingerprint density at radius 1 is 1.36 bits per heavy atom. The van der Waals surface area contributed by atoms with E-state index in [1.165, 1.54) is 6.07 Å². The zero-order valence-electron chi connectivity index (χ0n) is 8.38. The summed E-state index contributed by atoms with van der Waals surface area (Å²) in [5, 5.41) is 0. The molecule has 1 aromatic heterocycles. The summed E-state index contributed by atoms with van der Waals surface area (Å²) >= 11 is 0. The van der Waals surface area contributed by atoms with Crippen LogP contribution in [0.2, 0.25) is 0 Å². The lowest BCUT2D eigenvalue weighted by atomic mass is 10.1. The normalized spacial score (nSPS) is 12.2. The molecule has 0 fully saturated rings. The van der Waals surface area contributed by atoms with Gasteiger partial charge in [-0.15, -0.1) is 0 Å². The van der Waals surface area contributed by atoms with Crippen molar-refractivity contribution in [2.45, 2.75) is 32.7 Å². The predicted octanol–water partition coefficient (Wildman–Crippen LogP) is 1.92. The van der Waals surface area contributed by atoms with Crippen LogP contribution in [-0.4, -0.2) is 9.97 Å². The highest BCUT2D eigenvalue weighted by molar-refractivity contribution is 5.14. The van der Waals surface area contributed by atoms with Crippen molar-refractivity contribution in [1.29, 1.82) is 0 Å². The molecule has 0 aromatic carbocycles. The highest BCUT2D eigenvalue weighted by Gasteiger charge is 2.21. The van der Waals surface area contributed by atoms with Crippen LogP contribution in [0.3, 0.4) is 0 Å². The minimum Gasteiger partial charge on any atom is -0.319 e. The first-order valence-corrected chi connectivity index (χ1v) is 4.24. The standard InChI is InChI=1S/C9H13F2N3/c1-5-4-6(7(10)11)14-8(13-5)9(2,3)12/h4,7H,12H2,1-3H3. The largest absolute Gasteiger partial charge is 0.319 e. The lowest BCUT2D eigenvalue weighted by Gasteiger charge is -2.17. The van der Waals surface area contributed by atoms with E-state index in [9.17, 15) is 8.78 Å². The maximum atomic E-state index is 12.4. The number of halogens is 2. The van der Waals surface area contributed by atoms with Crippen molar-refractivity contribution >= 4 is 0 Å². The van der Waals surface area contributed by atoms with Crippen molar-refractivity contribution in [3.8, 4) is 0 Å². The molecule has 78 valence electrons. The minimum atomic E-state index is -2.59. The van der Waals surface area contributed by atoms with Gasteiger partial charge in [0.05, 0.1) is 5.54 Å². The summed E-state index contributed by atoms with van der Waals surface area (Å²) in [6.45, 7) is 5.00. The van der Waals surface area contributed by atoms with Crippen LogP contribution in [0, 0.1) is 6.92 Å². The summed E-state index contributed by atoms with van der Waals surface area (Å²) in [6.07, 6.45) is -2.59. The average Bonchev–Trinajstić information content (AvgIpc) is 2.01. The van der Waals surface area contributed by atoms with Gasteiger partial charge in [0.15, 0.2) is 0 Å². The summed E-state index contributed by atoms with van der Waals surface area (Å²) in [6, 6.07) is 1.26. The van der Waals surface area contributed by atoms with E-state index in [-0.39, 0.29) is 11.5 Å². The van der Waals surface area contributed by atoms with E-state index >= 15 is 0 Å². The maximum absolute atomic E-state index is 12.4. The van der Waals surface area contributed by atoms with Gasteiger partial charge in [0, 0.05) is 5.69 Å². The van der Waals surface area contributed by atoms with Gasteiger partial charge in [-0.25, -0.2) is 18.7 Å². The van der Waals surface area contributed by atoms with Crippen LogP contribution in [0.4, 0.5) is 8.78 Å². The monoisotopic (exact) mass is 201 g/mol. The number of aryl methyl sites for hydroxylation is 1. The topological polar surface area (TPSA) is 51.8 Å². The van der Waals surface area contributed by atoms with Crippen LogP contribution in [0.15, 0.2) is 6.07 Å². The fraction of sp³-hybridized carbons (Fsp3) is 0.556. The van der Waals surface area contributed by atoms with Crippen molar-refractivity contribution in [3.63, 3.8) is 0 Å². The molecule has 0 saturated heterocycles. The molecule has 0 aliphatic heterocycles. The minimum absolute atomic E-state index is 0.243. The SMILES string of the molecule is Cc1cc(C(F)F)nc(C(C)(C)N)n1. The molecule has 0 atom stereocenters. The zero-order valence-corrected chi connectivity index (χ0v) is 8.38. The first-order chi connectivity index (χ1) is 6.30. The molecule has 0 bridgehead atoms. The summed E-state index contributed by atoms with van der Waals surface area (Å²) in [5.41, 5.74) is 5.16. The highest BCUT2D eigenvalue weighted by Crippen LogP contribution is 2.20. The van der Waals surface area contributed by atoms with Crippen LogP contribution in [0.1, 0.15) is 37.5 Å². The van der Waals surface area contributed by atoms with Crippen LogP contribution in [0.25, 0.3) is 0 Å². The van der Waals surface area contributed by atoms with Crippen LogP contribution < -0.4 is 5.73 Å². The van der Waals surface area contributed by atoms with E-state index in [0.717, 1.165) is 0 Å². The quantitative estimate of drug-likeness (QED) is 0.795. The molecule has 0 spiro atoms. The molecule has 1 aromatic rings. The number of nitrogens with two attached hydrogens (primary N) is 1. The number of hydrogen-bond acceptors (Lipinski definition) is 3. The fourth-order valence-corrected chi connectivity index (χ4v) is 0.993. The van der Waals surface area contributed by atoms with Crippen molar-refractivity contribution in [2.24, 2.45) is 5.73 Å². The van der Waals surface area contributed by atoms with Gasteiger partial charge in [-0.3, -0.25) is 0 Å². The van der Waals surface area contributed by atoms with Crippen LogP contribution >= 0.6 is 0 Å². The summed E-state index contributed by atoms with van der Waals surface area (Å²) in [5.74, 6) is 0.243. The molecule has 2 N–H and O–H groups in total. The van der Waals surface area contributed by atoms with E-state index in [1.54, 1.807) is 20.8 Å². The van der Waals surface area contributed by atoms with Gasteiger partial charge in [0.1, 0.15) is 11.5 Å². The van der Waals surface area contributed by atoms with E-state index in [4.69, 9.17) is 5.73 Å². The van der Waals surface area contributed by atoms with E-state index in [1.807, 2.05) is 0 Å². The molecule has 1 heterocycles. The average molecular weight is 201 g/mol. The lowest BCUT2D eigenvalue weighted by Crippen LogP contribution is -2.31. The van der Waals surface area contributed by atoms with E-state index in [0.29, 0.717) is 5.69 Å². The smallest absolute Gasteiger partial charge is 0.280 e. The molecular formula is C9H13F2N3. The Kier molecular flexibility index (Phi) is 2.80. The summed E-state index contributed by atoms with van der Waals surface area (Å²) < 4.78 is 24.8. The third-order valence-corrected chi connectivity index (χ3v) is 1.67. The van der Waals surface area contributed by atoms with Crippen molar-refractivity contribution in [1.82, 2.24) is 9.97 Å². The van der Waals surface area contributed by atoms with Crippen LogP contribution in [0.5, 0.6) is 0 Å². The number of rotatable bonds is 2. The van der Waals surface area contributed by atoms with Crippen molar-refractivity contribution in [2.75, 3.05) is 0 Å². The maximum Gasteiger partial charge on any atom is 0.280 e. The van der Waals surface area contributed by atoms with Crippen LogP contribution in [-0.2, 0) is 5.54 Å². The Hall–Kier alpha value is -1.10.